The Morgan fingerprint density at radius 1 is 1.13 bits per heavy atom. The summed E-state index contributed by atoms with van der Waals surface area (Å²) in [5.74, 6) is -0.612. The summed E-state index contributed by atoms with van der Waals surface area (Å²) in [6, 6.07) is 10.1. The van der Waals surface area contributed by atoms with Crippen molar-refractivity contribution in [1.29, 1.82) is 0 Å². The van der Waals surface area contributed by atoms with E-state index < -0.39 is 5.79 Å². The molecule has 4 nitrogen and oxygen atoms in total. The van der Waals surface area contributed by atoms with Gasteiger partial charge in [0, 0.05) is 12.0 Å². The predicted molar refractivity (Wildman–Crippen MR) is 90.0 cm³/mol. The average molecular weight is 322 g/mol. The topological polar surface area (TPSA) is 47.9 Å². The molecule has 1 aromatic carbocycles. The molecule has 23 heavy (non-hydrogen) atoms. The predicted octanol–water partition coefficient (Wildman–Crippen LogP) is 3.52. The van der Waals surface area contributed by atoms with Gasteiger partial charge in [-0.3, -0.25) is 0 Å². The summed E-state index contributed by atoms with van der Waals surface area (Å²) in [5, 5.41) is 9.20. The Kier molecular flexibility index (Phi) is 6.20. The van der Waals surface area contributed by atoms with Crippen LogP contribution in [-0.4, -0.2) is 36.3 Å². The normalized spacial score (nSPS) is 30.3. The SMILES string of the molecule is C[C@H]1OC(C)(C)O[C@H](COCc2ccccc2)[C@]1(C)CCCO. The molecular weight excluding hydrogens is 292 g/mol. The first-order valence-corrected chi connectivity index (χ1v) is 8.45. The molecule has 0 amide bonds. The summed E-state index contributed by atoms with van der Waals surface area (Å²) in [5.41, 5.74) is 0.985. The summed E-state index contributed by atoms with van der Waals surface area (Å²) in [7, 11) is 0. The van der Waals surface area contributed by atoms with Gasteiger partial charge in [0.1, 0.15) is 0 Å². The van der Waals surface area contributed by atoms with E-state index in [9.17, 15) is 5.11 Å². The van der Waals surface area contributed by atoms with E-state index in [1.54, 1.807) is 0 Å². The van der Waals surface area contributed by atoms with Gasteiger partial charge in [0.2, 0.25) is 0 Å². The van der Waals surface area contributed by atoms with Crippen molar-refractivity contribution >= 4 is 0 Å². The lowest BCUT2D eigenvalue weighted by Gasteiger charge is -2.51. The highest BCUT2D eigenvalue weighted by Crippen LogP contribution is 2.43. The first-order valence-electron chi connectivity index (χ1n) is 8.45. The lowest BCUT2D eigenvalue weighted by molar-refractivity contribution is -0.348. The van der Waals surface area contributed by atoms with Crippen molar-refractivity contribution in [2.45, 2.75) is 65.1 Å². The quantitative estimate of drug-likeness (QED) is 0.834. The van der Waals surface area contributed by atoms with Crippen molar-refractivity contribution in [1.82, 2.24) is 0 Å². The molecule has 1 fully saturated rings. The van der Waals surface area contributed by atoms with E-state index >= 15 is 0 Å². The number of rotatable bonds is 7. The van der Waals surface area contributed by atoms with Gasteiger partial charge in [-0.05, 0) is 39.2 Å². The third-order valence-corrected chi connectivity index (χ3v) is 4.81. The van der Waals surface area contributed by atoms with Crippen molar-refractivity contribution in [3.63, 3.8) is 0 Å². The van der Waals surface area contributed by atoms with E-state index in [1.165, 1.54) is 0 Å². The molecule has 0 unspecified atom stereocenters. The Balaban J connectivity index is 2.01. The minimum absolute atomic E-state index is 0.0446. The molecule has 3 atom stereocenters. The first kappa shape index (κ1) is 18.4. The molecule has 4 heteroatoms. The van der Waals surface area contributed by atoms with Crippen molar-refractivity contribution < 1.29 is 19.3 Å². The third kappa shape index (κ3) is 4.77. The summed E-state index contributed by atoms with van der Waals surface area (Å²) in [6.45, 7) is 9.42. The van der Waals surface area contributed by atoms with Crippen molar-refractivity contribution in [2.24, 2.45) is 5.41 Å². The molecule has 0 spiro atoms. The van der Waals surface area contributed by atoms with E-state index in [0.717, 1.165) is 18.4 Å². The zero-order valence-electron chi connectivity index (χ0n) is 14.7. The van der Waals surface area contributed by atoms with Crippen LogP contribution in [0.3, 0.4) is 0 Å². The Hall–Kier alpha value is -0.940. The summed E-state index contributed by atoms with van der Waals surface area (Å²) < 4.78 is 18.1. The van der Waals surface area contributed by atoms with Gasteiger partial charge in [-0.25, -0.2) is 0 Å². The van der Waals surface area contributed by atoms with Crippen LogP contribution in [0.5, 0.6) is 0 Å². The summed E-state index contributed by atoms with van der Waals surface area (Å²) >= 11 is 0. The number of benzene rings is 1. The molecule has 0 aliphatic carbocycles. The monoisotopic (exact) mass is 322 g/mol. The lowest BCUT2D eigenvalue weighted by Crippen LogP contribution is -2.57. The van der Waals surface area contributed by atoms with E-state index in [-0.39, 0.29) is 24.2 Å². The van der Waals surface area contributed by atoms with Crippen LogP contribution in [0.25, 0.3) is 0 Å². The minimum atomic E-state index is -0.612. The summed E-state index contributed by atoms with van der Waals surface area (Å²) in [4.78, 5) is 0. The number of hydrogen-bond donors (Lipinski definition) is 1. The largest absolute Gasteiger partial charge is 0.396 e. The van der Waals surface area contributed by atoms with E-state index in [2.05, 4.69) is 26.0 Å². The fourth-order valence-corrected chi connectivity index (χ4v) is 3.23. The van der Waals surface area contributed by atoms with Gasteiger partial charge in [0.15, 0.2) is 5.79 Å². The minimum Gasteiger partial charge on any atom is -0.396 e. The number of aliphatic hydroxyl groups excluding tert-OH is 1. The summed E-state index contributed by atoms with van der Waals surface area (Å²) in [6.07, 6.45) is 1.57. The van der Waals surface area contributed by atoms with Gasteiger partial charge in [-0.2, -0.15) is 0 Å². The number of ether oxygens (including phenoxy) is 3. The van der Waals surface area contributed by atoms with Crippen molar-refractivity contribution in [3.8, 4) is 0 Å². The van der Waals surface area contributed by atoms with Crippen molar-refractivity contribution in [2.75, 3.05) is 13.2 Å². The molecule has 1 aromatic rings. The molecule has 1 heterocycles. The van der Waals surface area contributed by atoms with Gasteiger partial charge >= 0.3 is 0 Å². The van der Waals surface area contributed by atoms with E-state index in [0.29, 0.717) is 13.2 Å². The van der Waals surface area contributed by atoms with Gasteiger partial charge in [-0.15, -0.1) is 0 Å². The Labute approximate surface area is 139 Å². The maximum Gasteiger partial charge on any atom is 0.163 e. The zero-order valence-corrected chi connectivity index (χ0v) is 14.7. The molecule has 0 aromatic heterocycles. The van der Waals surface area contributed by atoms with Crippen molar-refractivity contribution in [3.05, 3.63) is 35.9 Å². The highest BCUT2D eigenvalue weighted by molar-refractivity contribution is 5.13. The average Bonchev–Trinajstić information content (AvgIpc) is 2.51. The van der Waals surface area contributed by atoms with Gasteiger partial charge in [-0.1, -0.05) is 37.3 Å². The van der Waals surface area contributed by atoms with Gasteiger partial charge < -0.3 is 19.3 Å². The molecule has 1 aliphatic heterocycles. The standard InChI is InChI=1S/C19H30O4/c1-15-19(4,11-8-12-20)17(23-18(2,3)22-15)14-21-13-16-9-6-5-7-10-16/h5-7,9-10,15,17,20H,8,11-14H2,1-4H3/t15-,17-,19-/m1/s1. The van der Waals surface area contributed by atoms with Crippen LogP contribution in [0.4, 0.5) is 0 Å². The van der Waals surface area contributed by atoms with Crippen LogP contribution in [0.2, 0.25) is 0 Å². The fourth-order valence-electron chi connectivity index (χ4n) is 3.23. The van der Waals surface area contributed by atoms with Crippen LogP contribution in [0, 0.1) is 5.41 Å². The molecule has 130 valence electrons. The Bertz CT molecular complexity index is 474. The first-order chi connectivity index (χ1) is 10.9. The molecule has 2 rings (SSSR count). The molecule has 1 saturated heterocycles. The van der Waals surface area contributed by atoms with E-state index in [4.69, 9.17) is 14.2 Å². The molecule has 1 N–H and O–H groups in total. The van der Waals surface area contributed by atoms with E-state index in [1.807, 2.05) is 32.0 Å². The molecule has 0 saturated carbocycles. The van der Waals surface area contributed by atoms with Crippen LogP contribution < -0.4 is 0 Å². The zero-order chi connectivity index (χ0) is 16.9. The Morgan fingerprint density at radius 2 is 1.83 bits per heavy atom. The molecular formula is C19H30O4. The second-order valence-electron chi connectivity index (χ2n) is 7.10. The third-order valence-electron chi connectivity index (χ3n) is 4.81. The maximum atomic E-state index is 9.20. The second kappa shape index (κ2) is 7.75. The molecule has 1 aliphatic rings. The highest BCUT2D eigenvalue weighted by Gasteiger charge is 2.49. The highest BCUT2D eigenvalue weighted by atomic mass is 16.7. The molecule has 0 radical (unpaired) electrons. The van der Waals surface area contributed by atoms with Crippen LogP contribution in [0.15, 0.2) is 30.3 Å². The lowest BCUT2D eigenvalue weighted by atomic mass is 9.74. The molecule has 0 bridgehead atoms. The smallest absolute Gasteiger partial charge is 0.163 e. The fraction of sp³-hybridized carbons (Fsp3) is 0.684. The van der Waals surface area contributed by atoms with Gasteiger partial charge in [0.05, 0.1) is 25.4 Å². The second-order valence-corrected chi connectivity index (χ2v) is 7.10. The number of hydrogen-bond acceptors (Lipinski definition) is 4. The van der Waals surface area contributed by atoms with Crippen LogP contribution in [0.1, 0.15) is 46.1 Å². The van der Waals surface area contributed by atoms with Gasteiger partial charge in [0.25, 0.3) is 0 Å². The Morgan fingerprint density at radius 3 is 2.48 bits per heavy atom. The van der Waals surface area contributed by atoms with Crippen LogP contribution >= 0.6 is 0 Å². The number of aliphatic hydroxyl groups is 1. The van der Waals surface area contributed by atoms with Crippen LogP contribution in [-0.2, 0) is 20.8 Å². The maximum absolute atomic E-state index is 9.20.